The predicted octanol–water partition coefficient (Wildman–Crippen LogP) is 2.87. The second-order valence-corrected chi connectivity index (χ2v) is 6.94. The number of aromatic nitrogens is 1. The van der Waals surface area contributed by atoms with Gasteiger partial charge in [0.1, 0.15) is 17.1 Å². The third kappa shape index (κ3) is 4.80. The van der Waals surface area contributed by atoms with E-state index in [4.69, 9.17) is 4.42 Å². The molecular formula is C16H23N3O3S. The van der Waals surface area contributed by atoms with Crippen LogP contribution in [-0.4, -0.2) is 22.7 Å². The summed E-state index contributed by atoms with van der Waals surface area (Å²) in [5, 5.41) is 18.7. The number of hydrogen-bond acceptors (Lipinski definition) is 5. The van der Waals surface area contributed by atoms with Crippen LogP contribution in [0.5, 0.6) is 0 Å². The van der Waals surface area contributed by atoms with E-state index in [1.807, 2.05) is 5.38 Å². The average Bonchev–Trinajstić information content (AvgIpc) is 3.12. The van der Waals surface area contributed by atoms with Crippen molar-refractivity contribution < 1.29 is 14.3 Å². The number of nitrogens with zero attached hydrogens (tertiary/aromatic N) is 1. The molecule has 1 unspecified atom stereocenters. The molecule has 2 heterocycles. The van der Waals surface area contributed by atoms with Gasteiger partial charge in [-0.25, -0.2) is 9.78 Å². The number of carbonyl (C=O) groups is 1. The van der Waals surface area contributed by atoms with Gasteiger partial charge in [0.15, 0.2) is 0 Å². The maximum absolute atomic E-state index is 11.9. The van der Waals surface area contributed by atoms with Crippen LogP contribution in [-0.2, 0) is 12.1 Å². The third-order valence-electron chi connectivity index (χ3n) is 3.36. The summed E-state index contributed by atoms with van der Waals surface area (Å²) >= 11 is 1.59. The lowest BCUT2D eigenvalue weighted by Gasteiger charge is -2.21. The van der Waals surface area contributed by atoms with Crippen LogP contribution < -0.4 is 10.6 Å². The Bertz CT molecular complexity index is 661. The highest BCUT2D eigenvalue weighted by molar-refractivity contribution is 7.09. The SMILES string of the molecule is Cc1ccc(C(C)(O)CNC(=O)NCc2csc(C(C)C)n2)o1. The van der Waals surface area contributed by atoms with E-state index >= 15 is 0 Å². The fraction of sp³-hybridized carbons (Fsp3) is 0.500. The van der Waals surface area contributed by atoms with Crippen molar-refractivity contribution in [1.82, 2.24) is 15.6 Å². The molecule has 2 rings (SSSR count). The van der Waals surface area contributed by atoms with E-state index in [0.29, 0.717) is 24.0 Å². The molecule has 0 radical (unpaired) electrons. The van der Waals surface area contributed by atoms with E-state index in [1.54, 1.807) is 37.3 Å². The smallest absolute Gasteiger partial charge is 0.315 e. The van der Waals surface area contributed by atoms with Gasteiger partial charge in [0.2, 0.25) is 0 Å². The maximum Gasteiger partial charge on any atom is 0.315 e. The summed E-state index contributed by atoms with van der Waals surface area (Å²) in [6.45, 7) is 7.99. The van der Waals surface area contributed by atoms with Crippen LogP contribution >= 0.6 is 11.3 Å². The number of urea groups is 1. The number of rotatable bonds is 6. The van der Waals surface area contributed by atoms with Crippen molar-refractivity contribution in [2.45, 2.75) is 45.8 Å². The van der Waals surface area contributed by atoms with Crippen molar-refractivity contribution in [3.63, 3.8) is 0 Å². The van der Waals surface area contributed by atoms with Gasteiger partial charge < -0.3 is 20.2 Å². The van der Waals surface area contributed by atoms with E-state index in [2.05, 4.69) is 29.5 Å². The zero-order valence-corrected chi connectivity index (χ0v) is 14.7. The predicted molar refractivity (Wildman–Crippen MR) is 89.5 cm³/mol. The van der Waals surface area contributed by atoms with Crippen LogP contribution in [0.4, 0.5) is 4.79 Å². The molecular weight excluding hydrogens is 314 g/mol. The first kappa shape index (κ1) is 17.5. The van der Waals surface area contributed by atoms with E-state index in [0.717, 1.165) is 10.7 Å². The highest BCUT2D eigenvalue weighted by atomic mass is 32.1. The minimum atomic E-state index is -1.25. The van der Waals surface area contributed by atoms with E-state index < -0.39 is 5.60 Å². The average molecular weight is 337 g/mol. The van der Waals surface area contributed by atoms with Crippen molar-refractivity contribution in [2.24, 2.45) is 0 Å². The van der Waals surface area contributed by atoms with Gasteiger partial charge in [0, 0.05) is 11.3 Å². The van der Waals surface area contributed by atoms with Crippen LogP contribution in [0.2, 0.25) is 0 Å². The van der Waals surface area contributed by atoms with Crippen molar-refractivity contribution in [1.29, 1.82) is 0 Å². The zero-order valence-electron chi connectivity index (χ0n) is 13.8. The van der Waals surface area contributed by atoms with Gasteiger partial charge in [0.05, 0.1) is 23.8 Å². The van der Waals surface area contributed by atoms with E-state index in [-0.39, 0.29) is 12.6 Å². The van der Waals surface area contributed by atoms with Gasteiger partial charge in [-0.2, -0.15) is 0 Å². The molecule has 3 N–H and O–H groups in total. The first-order valence-electron chi connectivity index (χ1n) is 7.53. The molecule has 0 fully saturated rings. The summed E-state index contributed by atoms with van der Waals surface area (Å²) in [5.41, 5.74) is -0.417. The number of thiazole rings is 1. The molecule has 2 aromatic rings. The Morgan fingerprint density at radius 2 is 2.17 bits per heavy atom. The van der Waals surface area contributed by atoms with E-state index in [9.17, 15) is 9.90 Å². The minimum absolute atomic E-state index is 0.0557. The topological polar surface area (TPSA) is 87.4 Å². The Kier molecular flexibility index (Phi) is 5.43. The molecule has 0 aliphatic carbocycles. The van der Waals surface area contributed by atoms with Gasteiger partial charge in [0.25, 0.3) is 0 Å². The number of aliphatic hydroxyl groups is 1. The van der Waals surface area contributed by atoms with Crippen LogP contribution in [0.1, 0.15) is 48.9 Å². The lowest BCUT2D eigenvalue weighted by Crippen LogP contribution is -2.43. The summed E-state index contributed by atoms with van der Waals surface area (Å²) < 4.78 is 5.40. The molecule has 2 amide bonds. The van der Waals surface area contributed by atoms with Crippen LogP contribution in [0.25, 0.3) is 0 Å². The molecule has 0 saturated heterocycles. The van der Waals surface area contributed by atoms with E-state index in [1.165, 1.54) is 0 Å². The molecule has 2 aromatic heterocycles. The van der Waals surface area contributed by atoms with Crippen molar-refractivity contribution >= 4 is 17.4 Å². The molecule has 0 spiro atoms. The quantitative estimate of drug-likeness (QED) is 0.756. The Balaban J connectivity index is 1.80. The summed E-state index contributed by atoms with van der Waals surface area (Å²) in [6.07, 6.45) is 0. The van der Waals surface area contributed by atoms with Gasteiger partial charge in [-0.15, -0.1) is 11.3 Å². The number of carbonyl (C=O) groups excluding carboxylic acids is 1. The second kappa shape index (κ2) is 7.14. The number of hydrogen-bond donors (Lipinski definition) is 3. The number of aryl methyl sites for hydroxylation is 1. The highest BCUT2D eigenvalue weighted by Crippen LogP contribution is 2.22. The first-order valence-corrected chi connectivity index (χ1v) is 8.41. The summed E-state index contributed by atoms with van der Waals surface area (Å²) in [4.78, 5) is 16.3. The van der Waals surface area contributed by atoms with Crippen molar-refractivity contribution in [2.75, 3.05) is 6.54 Å². The molecule has 0 aliphatic rings. The number of furan rings is 1. The molecule has 0 aliphatic heterocycles. The van der Waals surface area contributed by atoms with Crippen molar-refractivity contribution in [3.05, 3.63) is 39.7 Å². The normalized spacial score (nSPS) is 13.8. The van der Waals surface area contributed by atoms with Crippen molar-refractivity contribution in [3.8, 4) is 0 Å². The molecule has 0 bridgehead atoms. The molecule has 0 saturated carbocycles. The molecule has 1 atom stereocenters. The van der Waals surface area contributed by atoms with Gasteiger partial charge >= 0.3 is 6.03 Å². The number of nitrogens with one attached hydrogen (secondary N) is 2. The van der Waals surface area contributed by atoms with Gasteiger partial charge in [-0.3, -0.25) is 0 Å². The van der Waals surface area contributed by atoms with Crippen LogP contribution in [0.15, 0.2) is 21.9 Å². The van der Waals surface area contributed by atoms with Crippen LogP contribution in [0.3, 0.4) is 0 Å². The molecule has 0 aromatic carbocycles. The van der Waals surface area contributed by atoms with Gasteiger partial charge in [-0.05, 0) is 26.0 Å². The zero-order chi connectivity index (χ0) is 17.0. The fourth-order valence-corrected chi connectivity index (χ4v) is 2.80. The summed E-state index contributed by atoms with van der Waals surface area (Å²) in [7, 11) is 0. The Morgan fingerprint density at radius 1 is 1.43 bits per heavy atom. The molecule has 7 heteroatoms. The molecule has 6 nitrogen and oxygen atoms in total. The van der Waals surface area contributed by atoms with Gasteiger partial charge in [-0.1, -0.05) is 13.8 Å². The molecule has 23 heavy (non-hydrogen) atoms. The maximum atomic E-state index is 11.9. The second-order valence-electron chi connectivity index (χ2n) is 6.05. The largest absolute Gasteiger partial charge is 0.463 e. The molecule has 126 valence electrons. The Morgan fingerprint density at radius 3 is 2.74 bits per heavy atom. The Hall–Kier alpha value is -1.86. The minimum Gasteiger partial charge on any atom is -0.463 e. The van der Waals surface area contributed by atoms with Crippen LogP contribution in [0, 0.1) is 6.92 Å². The first-order chi connectivity index (χ1) is 10.8. The third-order valence-corrected chi connectivity index (χ3v) is 4.55. The fourth-order valence-electron chi connectivity index (χ4n) is 1.97. The summed E-state index contributed by atoms with van der Waals surface area (Å²) in [5.74, 6) is 1.53. The monoisotopic (exact) mass is 337 g/mol. The Labute approximate surface area is 139 Å². The summed E-state index contributed by atoms with van der Waals surface area (Å²) in [6, 6.07) is 3.13. The lowest BCUT2D eigenvalue weighted by atomic mass is 10.0. The lowest BCUT2D eigenvalue weighted by molar-refractivity contribution is 0.0359. The highest BCUT2D eigenvalue weighted by Gasteiger charge is 2.27. The standard InChI is InChI=1S/C16H23N3O3S/c1-10(2)14-19-12(8-23-14)7-17-15(20)18-9-16(4,21)13-6-5-11(3)22-13/h5-6,8,10,21H,7,9H2,1-4H3,(H2,17,18,20). The number of amides is 2.